The molecule has 1 aliphatic rings. The molecule has 1 fully saturated rings. The molecular formula is C21H21N5O. The van der Waals surface area contributed by atoms with Crippen molar-refractivity contribution in [2.75, 3.05) is 18.8 Å². The molecule has 0 spiro atoms. The van der Waals surface area contributed by atoms with Gasteiger partial charge in [0, 0.05) is 12.1 Å². The first-order valence-corrected chi connectivity index (χ1v) is 9.08. The standard InChI is InChI=1S/C21H21N5O/c22-13-19-20(25-26(21(19)23)16-5-4-12-24-14-16)15-8-10-18(11-9-15)27-17-6-2-1-3-7-17/h1-3,6-11,16,24H,4-5,12,14,23H2/t16-/m0/s1. The quantitative estimate of drug-likeness (QED) is 0.741. The predicted molar refractivity (Wildman–Crippen MR) is 104 cm³/mol. The third-order valence-corrected chi connectivity index (χ3v) is 4.78. The van der Waals surface area contributed by atoms with Crippen LogP contribution in [-0.4, -0.2) is 22.9 Å². The van der Waals surface area contributed by atoms with Crippen molar-refractivity contribution in [2.45, 2.75) is 18.9 Å². The first kappa shape index (κ1) is 17.1. The number of rotatable bonds is 4. The smallest absolute Gasteiger partial charge is 0.140 e. The van der Waals surface area contributed by atoms with Gasteiger partial charge in [-0.1, -0.05) is 18.2 Å². The number of hydrogen-bond donors (Lipinski definition) is 2. The number of benzene rings is 2. The highest BCUT2D eigenvalue weighted by atomic mass is 16.5. The van der Waals surface area contributed by atoms with Crippen LogP contribution in [0.3, 0.4) is 0 Å². The summed E-state index contributed by atoms with van der Waals surface area (Å²) in [6, 6.07) is 19.6. The molecule has 1 aliphatic heterocycles. The van der Waals surface area contributed by atoms with E-state index in [0.29, 0.717) is 17.1 Å². The summed E-state index contributed by atoms with van der Waals surface area (Å²) in [5.41, 5.74) is 8.13. The molecule has 1 saturated heterocycles. The van der Waals surface area contributed by atoms with Gasteiger partial charge in [0.25, 0.3) is 0 Å². The molecule has 136 valence electrons. The largest absolute Gasteiger partial charge is 0.457 e. The van der Waals surface area contributed by atoms with E-state index < -0.39 is 0 Å². The molecule has 6 nitrogen and oxygen atoms in total. The van der Waals surface area contributed by atoms with Crippen LogP contribution >= 0.6 is 0 Å². The lowest BCUT2D eigenvalue weighted by atomic mass is 10.1. The molecule has 1 atom stereocenters. The summed E-state index contributed by atoms with van der Waals surface area (Å²) >= 11 is 0. The van der Waals surface area contributed by atoms with Crippen molar-refractivity contribution < 1.29 is 4.74 Å². The minimum absolute atomic E-state index is 0.181. The number of aromatic nitrogens is 2. The van der Waals surface area contributed by atoms with E-state index in [2.05, 4.69) is 16.5 Å². The first-order valence-electron chi connectivity index (χ1n) is 9.08. The average molecular weight is 359 g/mol. The Morgan fingerprint density at radius 3 is 2.52 bits per heavy atom. The van der Waals surface area contributed by atoms with Gasteiger partial charge >= 0.3 is 0 Å². The molecule has 6 heteroatoms. The lowest BCUT2D eigenvalue weighted by molar-refractivity contribution is 0.351. The van der Waals surface area contributed by atoms with Crippen molar-refractivity contribution in [3.05, 3.63) is 60.2 Å². The van der Waals surface area contributed by atoms with Crippen LogP contribution in [0.2, 0.25) is 0 Å². The number of nitriles is 1. The first-order chi connectivity index (χ1) is 13.3. The molecule has 3 N–H and O–H groups in total. The molecule has 27 heavy (non-hydrogen) atoms. The van der Waals surface area contributed by atoms with E-state index in [1.54, 1.807) is 4.68 Å². The number of nitrogens with two attached hydrogens (primary N) is 1. The van der Waals surface area contributed by atoms with Crippen LogP contribution in [0.1, 0.15) is 24.4 Å². The van der Waals surface area contributed by atoms with Gasteiger partial charge in [0.1, 0.15) is 34.6 Å². The Morgan fingerprint density at radius 1 is 1.11 bits per heavy atom. The number of hydrogen-bond acceptors (Lipinski definition) is 5. The molecule has 4 rings (SSSR count). The van der Waals surface area contributed by atoms with E-state index in [9.17, 15) is 5.26 Å². The maximum absolute atomic E-state index is 9.60. The maximum atomic E-state index is 9.60. The topological polar surface area (TPSA) is 88.9 Å². The Morgan fingerprint density at radius 2 is 1.85 bits per heavy atom. The number of nitrogens with one attached hydrogen (secondary N) is 1. The van der Waals surface area contributed by atoms with Crippen molar-refractivity contribution in [3.63, 3.8) is 0 Å². The van der Waals surface area contributed by atoms with Crippen LogP contribution < -0.4 is 15.8 Å². The number of para-hydroxylation sites is 1. The number of piperidine rings is 1. The second-order valence-electron chi connectivity index (χ2n) is 6.60. The Hall–Kier alpha value is -3.30. The third kappa shape index (κ3) is 3.50. The van der Waals surface area contributed by atoms with E-state index in [-0.39, 0.29) is 6.04 Å². The zero-order valence-corrected chi connectivity index (χ0v) is 14.9. The summed E-state index contributed by atoms with van der Waals surface area (Å²) in [6.07, 6.45) is 2.08. The second kappa shape index (κ2) is 7.52. The van der Waals surface area contributed by atoms with Crippen molar-refractivity contribution in [1.82, 2.24) is 15.1 Å². The second-order valence-corrected chi connectivity index (χ2v) is 6.60. The predicted octanol–water partition coefficient (Wildman–Crippen LogP) is 3.72. The van der Waals surface area contributed by atoms with Gasteiger partial charge in [0.05, 0.1) is 6.04 Å². The third-order valence-electron chi connectivity index (χ3n) is 4.78. The lowest BCUT2D eigenvalue weighted by Crippen LogP contribution is -2.32. The average Bonchev–Trinajstić information content (AvgIpc) is 3.06. The van der Waals surface area contributed by atoms with Gasteiger partial charge in [-0.2, -0.15) is 10.4 Å². The van der Waals surface area contributed by atoms with Gasteiger partial charge in [-0.25, -0.2) is 4.68 Å². The van der Waals surface area contributed by atoms with E-state index in [1.165, 1.54) is 0 Å². The summed E-state index contributed by atoms with van der Waals surface area (Å²) in [5, 5.41) is 17.6. The normalized spacial score (nSPS) is 16.6. The Labute approximate surface area is 158 Å². The molecule has 0 unspecified atom stereocenters. The SMILES string of the molecule is N#Cc1c(-c2ccc(Oc3ccccc3)cc2)nn([C@H]2CCCNC2)c1N. The van der Waals surface area contributed by atoms with Crippen molar-refractivity contribution in [2.24, 2.45) is 0 Å². The van der Waals surface area contributed by atoms with Gasteiger partial charge < -0.3 is 15.8 Å². The number of ether oxygens (including phenoxy) is 1. The van der Waals surface area contributed by atoms with Gasteiger partial charge in [0.15, 0.2) is 0 Å². The zero-order chi connectivity index (χ0) is 18.6. The molecule has 3 aromatic rings. The van der Waals surface area contributed by atoms with Gasteiger partial charge in [-0.3, -0.25) is 0 Å². The monoisotopic (exact) mass is 359 g/mol. The fourth-order valence-electron chi connectivity index (χ4n) is 3.39. The van der Waals surface area contributed by atoms with Crippen LogP contribution in [0.25, 0.3) is 11.3 Å². The molecule has 0 saturated carbocycles. The molecule has 0 radical (unpaired) electrons. The van der Waals surface area contributed by atoms with Crippen LogP contribution in [0.15, 0.2) is 54.6 Å². The molecule has 0 amide bonds. The zero-order valence-electron chi connectivity index (χ0n) is 14.9. The number of anilines is 1. The molecule has 1 aromatic heterocycles. The summed E-state index contributed by atoms with van der Waals surface area (Å²) in [4.78, 5) is 0. The minimum atomic E-state index is 0.181. The van der Waals surface area contributed by atoms with E-state index >= 15 is 0 Å². The summed E-state index contributed by atoms with van der Waals surface area (Å²) in [5.74, 6) is 1.94. The summed E-state index contributed by atoms with van der Waals surface area (Å²) < 4.78 is 7.63. The van der Waals surface area contributed by atoms with Crippen LogP contribution in [0.5, 0.6) is 11.5 Å². The summed E-state index contributed by atoms with van der Waals surface area (Å²) in [6.45, 7) is 1.83. The Bertz CT molecular complexity index is 951. The molecule has 2 heterocycles. The highest BCUT2D eigenvalue weighted by molar-refractivity contribution is 5.73. The number of nitrogens with zero attached hydrogens (tertiary/aromatic N) is 3. The molecule has 0 bridgehead atoms. The van der Waals surface area contributed by atoms with Crippen molar-refractivity contribution >= 4 is 5.82 Å². The number of nitrogen functional groups attached to an aromatic ring is 1. The molecular weight excluding hydrogens is 338 g/mol. The van der Waals surface area contributed by atoms with Crippen LogP contribution in [0, 0.1) is 11.3 Å². The molecule has 0 aliphatic carbocycles. The van der Waals surface area contributed by atoms with Crippen molar-refractivity contribution in [3.8, 4) is 28.8 Å². The van der Waals surface area contributed by atoms with E-state index in [4.69, 9.17) is 10.5 Å². The minimum Gasteiger partial charge on any atom is -0.457 e. The van der Waals surface area contributed by atoms with E-state index in [1.807, 2.05) is 54.6 Å². The highest BCUT2D eigenvalue weighted by Crippen LogP contribution is 2.32. The Balaban J connectivity index is 1.62. The van der Waals surface area contributed by atoms with E-state index in [0.717, 1.165) is 43.0 Å². The van der Waals surface area contributed by atoms with Crippen LogP contribution in [-0.2, 0) is 0 Å². The summed E-state index contributed by atoms with van der Waals surface area (Å²) in [7, 11) is 0. The van der Waals surface area contributed by atoms with Gasteiger partial charge in [0.2, 0.25) is 0 Å². The van der Waals surface area contributed by atoms with Crippen LogP contribution in [0.4, 0.5) is 5.82 Å². The fourth-order valence-corrected chi connectivity index (χ4v) is 3.39. The van der Waals surface area contributed by atoms with Gasteiger partial charge in [-0.05, 0) is 55.8 Å². The lowest BCUT2D eigenvalue weighted by Gasteiger charge is -2.23. The molecule has 2 aromatic carbocycles. The highest BCUT2D eigenvalue weighted by Gasteiger charge is 2.23. The van der Waals surface area contributed by atoms with Gasteiger partial charge in [-0.15, -0.1) is 0 Å². The van der Waals surface area contributed by atoms with Crippen molar-refractivity contribution in [1.29, 1.82) is 5.26 Å². The maximum Gasteiger partial charge on any atom is 0.140 e. The fraction of sp³-hybridized carbons (Fsp3) is 0.238. The Kier molecular flexibility index (Phi) is 4.77.